The van der Waals surface area contributed by atoms with Crippen LogP contribution >= 0.6 is 35.3 Å². The van der Waals surface area contributed by atoms with Crippen molar-refractivity contribution in [3.63, 3.8) is 0 Å². The molecule has 1 aromatic rings. The molecule has 0 aromatic carbocycles. The molecule has 0 bridgehead atoms. The minimum atomic E-state index is -3.36. The van der Waals surface area contributed by atoms with Gasteiger partial charge in [0.2, 0.25) is 0 Å². The molecule has 1 fully saturated rings. The molecule has 1 aliphatic heterocycles. The van der Waals surface area contributed by atoms with Gasteiger partial charge < -0.3 is 5.32 Å². The SMILES string of the molecule is CCNCC1CCN(S(=O)(=O)c2cc(C)c(Cl)s2)CC1.Cl. The predicted molar refractivity (Wildman–Crippen MR) is 91.3 cm³/mol. The fourth-order valence-electron chi connectivity index (χ4n) is 2.39. The number of halogens is 2. The van der Waals surface area contributed by atoms with Crippen molar-refractivity contribution in [2.45, 2.75) is 30.9 Å². The van der Waals surface area contributed by atoms with Crippen LogP contribution in [0.4, 0.5) is 0 Å². The second-order valence-electron chi connectivity index (χ2n) is 5.18. The summed E-state index contributed by atoms with van der Waals surface area (Å²) in [6, 6.07) is 1.67. The molecule has 21 heavy (non-hydrogen) atoms. The van der Waals surface area contributed by atoms with Crippen LogP contribution in [0.25, 0.3) is 0 Å². The molecular weight excluding hydrogens is 351 g/mol. The Morgan fingerprint density at radius 3 is 2.52 bits per heavy atom. The highest BCUT2D eigenvalue weighted by Gasteiger charge is 2.30. The van der Waals surface area contributed by atoms with Gasteiger partial charge in [0.15, 0.2) is 0 Å². The Morgan fingerprint density at radius 1 is 1.43 bits per heavy atom. The standard InChI is InChI=1S/C13H21ClN2O2S2.ClH/c1-3-15-9-11-4-6-16(7-5-11)20(17,18)12-8-10(2)13(14)19-12;/h8,11,15H,3-7,9H2,1-2H3;1H. The van der Waals surface area contributed by atoms with E-state index in [2.05, 4.69) is 12.2 Å². The van der Waals surface area contributed by atoms with Gasteiger partial charge in [0.25, 0.3) is 10.0 Å². The number of nitrogens with zero attached hydrogens (tertiary/aromatic N) is 1. The van der Waals surface area contributed by atoms with Crippen LogP contribution < -0.4 is 5.32 Å². The van der Waals surface area contributed by atoms with Crippen LogP contribution in [0.3, 0.4) is 0 Å². The Kier molecular flexibility index (Phi) is 7.43. The fourth-order valence-corrected chi connectivity index (χ4v) is 5.72. The van der Waals surface area contributed by atoms with Gasteiger partial charge in [0.05, 0.1) is 4.34 Å². The monoisotopic (exact) mass is 372 g/mol. The van der Waals surface area contributed by atoms with E-state index in [0.29, 0.717) is 27.6 Å². The summed E-state index contributed by atoms with van der Waals surface area (Å²) in [4.78, 5) is 0. The van der Waals surface area contributed by atoms with Crippen LogP contribution in [0.2, 0.25) is 4.34 Å². The zero-order valence-corrected chi connectivity index (χ0v) is 15.5. The van der Waals surface area contributed by atoms with Crippen LogP contribution in [0, 0.1) is 12.8 Å². The van der Waals surface area contributed by atoms with E-state index in [4.69, 9.17) is 11.6 Å². The van der Waals surface area contributed by atoms with E-state index in [-0.39, 0.29) is 12.4 Å². The van der Waals surface area contributed by atoms with Gasteiger partial charge in [-0.05, 0) is 50.4 Å². The quantitative estimate of drug-likeness (QED) is 0.863. The highest BCUT2D eigenvalue weighted by atomic mass is 35.5. The van der Waals surface area contributed by atoms with Gasteiger partial charge in [-0.15, -0.1) is 23.7 Å². The summed E-state index contributed by atoms with van der Waals surface area (Å²) in [6.07, 6.45) is 1.84. The smallest absolute Gasteiger partial charge is 0.252 e. The van der Waals surface area contributed by atoms with Crippen molar-refractivity contribution in [2.75, 3.05) is 26.2 Å². The molecule has 4 nitrogen and oxygen atoms in total. The number of rotatable bonds is 5. The van der Waals surface area contributed by atoms with Crippen molar-refractivity contribution in [3.8, 4) is 0 Å². The lowest BCUT2D eigenvalue weighted by Gasteiger charge is -2.30. The van der Waals surface area contributed by atoms with Crippen LogP contribution in [-0.2, 0) is 10.0 Å². The van der Waals surface area contributed by atoms with Gasteiger partial charge in [0, 0.05) is 13.1 Å². The normalized spacial score (nSPS) is 17.7. The Balaban J connectivity index is 0.00000220. The molecule has 1 aliphatic rings. The molecule has 2 rings (SSSR count). The van der Waals surface area contributed by atoms with Crippen LogP contribution in [-0.4, -0.2) is 38.9 Å². The fraction of sp³-hybridized carbons (Fsp3) is 0.692. The van der Waals surface area contributed by atoms with E-state index in [1.54, 1.807) is 10.4 Å². The number of hydrogen-bond donors (Lipinski definition) is 1. The Hall–Kier alpha value is 0.150. The van der Waals surface area contributed by atoms with Gasteiger partial charge in [-0.3, -0.25) is 0 Å². The number of aryl methyl sites for hydroxylation is 1. The molecule has 1 aromatic heterocycles. The summed E-state index contributed by atoms with van der Waals surface area (Å²) in [5.74, 6) is 0.579. The summed E-state index contributed by atoms with van der Waals surface area (Å²) in [6.45, 7) is 7.07. The van der Waals surface area contributed by atoms with E-state index in [9.17, 15) is 8.42 Å². The third-order valence-electron chi connectivity index (χ3n) is 3.69. The summed E-state index contributed by atoms with van der Waals surface area (Å²) in [7, 11) is -3.36. The first-order valence-electron chi connectivity index (χ1n) is 6.92. The minimum Gasteiger partial charge on any atom is -0.317 e. The van der Waals surface area contributed by atoms with Crippen LogP contribution in [0.5, 0.6) is 0 Å². The van der Waals surface area contributed by atoms with Crippen molar-refractivity contribution in [3.05, 3.63) is 16.0 Å². The maximum atomic E-state index is 12.5. The molecule has 0 unspecified atom stereocenters. The van der Waals surface area contributed by atoms with E-state index in [1.807, 2.05) is 6.92 Å². The molecule has 0 aliphatic carbocycles. The molecule has 122 valence electrons. The average molecular weight is 373 g/mol. The summed E-state index contributed by atoms with van der Waals surface area (Å²) >= 11 is 7.14. The van der Waals surface area contributed by atoms with Crippen molar-refractivity contribution in [1.29, 1.82) is 0 Å². The summed E-state index contributed by atoms with van der Waals surface area (Å²) < 4.78 is 27.6. The van der Waals surface area contributed by atoms with Gasteiger partial charge in [-0.25, -0.2) is 8.42 Å². The zero-order valence-electron chi connectivity index (χ0n) is 12.3. The Morgan fingerprint density at radius 2 is 2.05 bits per heavy atom. The number of thiophene rings is 1. The third-order valence-corrected chi connectivity index (χ3v) is 7.59. The first-order valence-corrected chi connectivity index (χ1v) is 9.55. The lowest BCUT2D eigenvalue weighted by Crippen LogP contribution is -2.40. The first-order chi connectivity index (χ1) is 9.45. The third kappa shape index (κ3) is 4.56. The summed E-state index contributed by atoms with van der Waals surface area (Å²) in [5.41, 5.74) is 0.831. The second-order valence-corrected chi connectivity index (χ2v) is 9.00. The highest BCUT2D eigenvalue weighted by molar-refractivity contribution is 7.91. The topological polar surface area (TPSA) is 49.4 Å². The van der Waals surface area contributed by atoms with E-state index < -0.39 is 10.0 Å². The molecule has 0 atom stereocenters. The van der Waals surface area contributed by atoms with E-state index in [0.717, 1.165) is 42.8 Å². The van der Waals surface area contributed by atoms with Crippen LogP contribution in [0.1, 0.15) is 25.3 Å². The van der Waals surface area contributed by atoms with Gasteiger partial charge in [0.1, 0.15) is 4.21 Å². The Labute approximate surface area is 142 Å². The molecule has 0 amide bonds. The molecule has 2 heterocycles. The van der Waals surface area contributed by atoms with E-state index >= 15 is 0 Å². The largest absolute Gasteiger partial charge is 0.317 e. The minimum absolute atomic E-state index is 0. The predicted octanol–water partition coefficient (Wildman–Crippen LogP) is 3.14. The maximum absolute atomic E-state index is 12.5. The van der Waals surface area contributed by atoms with Gasteiger partial charge in [-0.1, -0.05) is 18.5 Å². The second kappa shape index (κ2) is 8.13. The first kappa shape index (κ1) is 19.2. The Bertz CT molecular complexity index is 533. The van der Waals surface area contributed by atoms with Crippen molar-refractivity contribution in [2.24, 2.45) is 5.92 Å². The van der Waals surface area contributed by atoms with Crippen LogP contribution in [0.15, 0.2) is 10.3 Å². The van der Waals surface area contributed by atoms with Gasteiger partial charge in [-0.2, -0.15) is 4.31 Å². The van der Waals surface area contributed by atoms with Crippen molar-refractivity contribution >= 4 is 45.4 Å². The highest BCUT2D eigenvalue weighted by Crippen LogP contribution is 2.33. The lowest BCUT2D eigenvalue weighted by molar-refractivity contribution is 0.269. The molecule has 1 N–H and O–H groups in total. The number of nitrogens with one attached hydrogen (secondary N) is 1. The molecule has 0 radical (unpaired) electrons. The van der Waals surface area contributed by atoms with Crippen molar-refractivity contribution in [1.82, 2.24) is 9.62 Å². The van der Waals surface area contributed by atoms with E-state index in [1.165, 1.54) is 0 Å². The molecule has 0 spiro atoms. The van der Waals surface area contributed by atoms with Gasteiger partial charge >= 0.3 is 0 Å². The lowest BCUT2D eigenvalue weighted by atomic mass is 9.98. The molecule has 8 heteroatoms. The molecule has 0 saturated carbocycles. The average Bonchev–Trinajstić information content (AvgIpc) is 2.77. The number of hydrogen-bond acceptors (Lipinski definition) is 4. The number of sulfonamides is 1. The maximum Gasteiger partial charge on any atom is 0.252 e. The van der Waals surface area contributed by atoms with Crippen molar-refractivity contribution < 1.29 is 8.42 Å². The summed E-state index contributed by atoms with van der Waals surface area (Å²) in [5, 5.41) is 3.33. The molecule has 1 saturated heterocycles. The molecular formula is C13H22Cl2N2O2S2. The number of piperidine rings is 1. The zero-order chi connectivity index (χ0) is 14.8.